The quantitative estimate of drug-likeness (QED) is 0.732. The fourth-order valence-corrected chi connectivity index (χ4v) is 4.60. The van der Waals surface area contributed by atoms with Gasteiger partial charge in [0.25, 0.3) is 0 Å². The molecule has 1 aliphatic heterocycles. The first-order chi connectivity index (χ1) is 13.3. The number of H-pyrrole nitrogens is 1. The van der Waals surface area contributed by atoms with Crippen LogP contribution in [0.25, 0.3) is 10.9 Å². The normalized spacial score (nSPS) is 18.7. The molecule has 27 heavy (non-hydrogen) atoms. The molecule has 0 atom stereocenters. The van der Waals surface area contributed by atoms with Crippen molar-refractivity contribution in [3.8, 4) is 0 Å². The molecule has 3 heterocycles. The van der Waals surface area contributed by atoms with E-state index >= 15 is 0 Å². The van der Waals surface area contributed by atoms with Crippen LogP contribution in [0, 0.1) is 5.82 Å². The molecule has 2 aromatic heterocycles. The van der Waals surface area contributed by atoms with Gasteiger partial charge in [-0.05, 0) is 48.6 Å². The highest BCUT2D eigenvalue weighted by Crippen LogP contribution is 2.31. The molecule has 1 aromatic carbocycles. The zero-order valence-electron chi connectivity index (χ0n) is 15.5. The summed E-state index contributed by atoms with van der Waals surface area (Å²) in [5.74, 6) is 1.40. The Morgan fingerprint density at radius 3 is 2.96 bits per heavy atom. The Balaban J connectivity index is 1.35. The van der Waals surface area contributed by atoms with Crippen LogP contribution < -0.4 is 0 Å². The number of halogens is 1. The molecular weight excluding hydrogens is 339 g/mol. The molecule has 1 saturated carbocycles. The number of nitrogens with zero attached hydrogens (tertiary/aromatic N) is 3. The molecule has 1 fully saturated rings. The van der Waals surface area contributed by atoms with Crippen LogP contribution in [0.4, 0.5) is 4.39 Å². The number of fused-ring (bicyclic) bond motifs is 2. The van der Waals surface area contributed by atoms with Gasteiger partial charge in [0.15, 0.2) is 0 Å². The molecule has 5 rings (SSSR count). The highest BCUT2D eigenvalue weighted by molar-refractivity contribution is 5.83. The summed E-state index contributed by atoms with van der Waals surface area (Å²) in [4.78, 5) is 15.3. The van der Waals surface area contributed by atoms with Gasteiger partial charge in [-0.2, -0.15) is 0 Å². The molecule has 3 aromatic rings. The number of rotatable bonds is 3. The lowest BCUT2D eigenvalue weighted by Gasteiger charge is -2.29. The minimum atomic E-state index is -0.199. The van der Waals surface area contributed by atoms with Gasteiger partial charge in [0.05, 0.1) is 5.69 Å². The molecule has 1 aliphatic carbocycles. The van der Waals surface area contributed by atoms with E-state index in [9.17, 15) is 4.39 Å². The van der Waals surface area contributed by atoms with E-state index in [-0.39, 0.29) is 5.82 Å². The summed E-state index contributed by atoms with van der Waals surface area (Å²) in [6.07, 6.45) is 11.5. The van der Waals surface area contributed by atoms with E-state index in [0.29, 0.717) is 5.92 Å². The molecule has 5 heteroatoms. The van der Waals surface area contributed by atoms with Crippen LogP contribution in [0.3, 0.4) is 0 Å². The summed E-state index contributed by atoms with van der Waals surface area (Å²) >= 11 is 0. The molecule has 140 valence electrons. The average molecular weight is 364 g/mol. The lowest BCUT2D eigenvalue weighted by molar-refractivity contribution is 0.241. The molecule has 0 amide bonds. The molecule has 0 spiro atoms. The fraction of sp³-hybridized carbons (Fsp3) is 0.455. The number of hydrogen-bond acceptors (Lipinski definition) is 3. The minimum Gasteiger partial charge on any atom is -0.361 e. The summed E-state index contributed by atoms with van der Waals surface area (Å²) in [7, 11) is 0. The van der Waals surface area contributed by atoms with E-state index in [1.807, 2.05) is 12.3 Å². The van der Waals surface area contributed by atoms with Gasteiger partial charge >= 0.3 is 0 Å². The van der Waals surface area contributed by atoms with Crippen molar-refractivity contribution >= 4 is 10.9 Å². The lowest BCUT2D eigenvalue weighted by atomic mass is 9.88. The number of nitrogens with one attached hydrogen (secondary N) is 1. The monoisotopic (exact) mass is 364 g/mol. The Kier molecular flexibility index (Phi) is 4.40. The number of hydrogen-bond donors (Lipinski definition) is 1. The van der Waals surface area contributed by atoms with Crippen molar-refractivity contribution in [1.82, 2.24) is 19.9 Å². The topological polar surface area (TPSA) is 44.8 Å². The third kappa shape index (κ3) is 3.36. The van der Waals surface area contributed by atoms with Gasteiger partial charge in [0, 0.05) is 48.8 Å². The summed E-state index contributed by atoms with van der Waals surface area (Å²) < 4.78 is 13.4. The van der Waals surface area contributed by atoms with E-state index in [1.165, 1.54) is 55.0 Å². The molecule has 0 bridgehead atoms. The van der Waals surface area contributed by atoms with Crippen molar-refractivity contribution in [1.29, 1.82) is 0 Å². The Morgan fingerprint density at radius 1 is 1.19 bits per heavy atom. The highest BCUT2D eigenvalue weighted by atomic mass is 19.1. The molecule has 0 radical (unpaired) electrons. The van der Waals surface area contributed by atoms with Gasteiger partial charge < -0.3 is 4.98 Å². The van der Waals surface area contributed by atoms with E-state index in [2.05, 4.69) is 16.1 Å². The second kappa shape index (κ2) is 7.04. The second-order valence-electron chi connectivity index (χ2n) is 8.00. The van der Waals surface area contributed by atoms with Crippen LogP contribution in [0.1, 0.15) is 60.7 Å². The molecule has 0 unspecified atom stereocenters. The largest absolute Gasteiger partial charge is 0.361 e. The Morgan fingerprint density at radius 2 is 2.07 bits per heavy atom. The van der Waals surface area contributed by atoms with Crippen molar-refractivity contribution in [2.45, 2.75) is 57.5 Å². The van der Waals surface area contributed by atoms with Crippen molar-refractivity contribution in [2.75, 3.05) is 6.54 Å². The average Bonchev–Trinajstić information content (AvgIpc) is 3.10. The van der Waals surface area contributed by atoms with Crippen molar-refractivity contribution < 1.29 is 4.39 Å². The van der Waals surface area contributed by atoms with E-state index in [0.717, 1.165) is 42.8 Å². The van der Waals surface area contributed by atoms with Crippen molar-refractivity contribution in [2.24, 2.45) is 0 Å². The van der Waals surface area contributed by atoms with Gasteiger partial charge in [0.2, 0.25) is 0 Å². The van der Waals surface area contributed by atoms with Gasteiger partial charge in [-0.15, -0.1) is 0 Å². The molecule has 2 aliphatic rings. The maximum Gasteiger partial charge on any atom is 0.131 e. The number of aromatic nitrogens is 3. The Bertz CT molecular complexity index is 958. The second-order valence-corrected chi connectivity index (χ2v) is 8.00. The smallest absolute Gasteiger partial charge is 0.131 e. The Hall–Kier alpha value is -2.27. The summed E-state index contributed by atoms with van der Waals surface area (Å²) in [6, 6.07) is 4.97. The highest BCUT2D eigenvalue weighted by Gasteiger charge is 2.23. The predicted octanol–water partition coefficient (Wildman–Crippen LogP) is 4.70. The van der Waals surface area contributed by atoms with Crippen LogP contribution in [0.15, 0.2) is 30.6 Å². The summed E-state index contributed by atoms with van der Waals surface area (Å²) in [5.41, 5.74) is 4.58. The SMILES string of the molecule is Fc1ccc2c(CN3CCc4cnc(C5CCCCC5)nc4C3)c[nH]c2c1. The van der Waals surface area contributed by atoms with Gasteiger partial charge in [-0.3, -0.25) is 4.90 Å². The van der Waals surface area contributed by atoms with E-state index in [1.54, 1.807) is 6.07 Å². The maximum atomic E-state index is 13.4. The van der Waals surface area contributed by atoms with E-state index in [4.69, 9.17) is 9.97 Å². The zero-order valence-corrected chi connectivity index (χ0v) is 15.5. The Labute approximate surface area is 158 Å². The van der Waals surface area contributed by atoms with Crippen molar-refractivity contribution in [3.63, 3.8) is 0 Å². The standard InChI is InChI=1S/C22H25FN4/c23-18-6-7-19-17(12-24-20(19)10-18)13-27-9-8-16-11-25-22(26-21(16)14-27)15-4-2-1-3-5-15/h6-7,10-12,15,24H,1-5,8-9,13-14H2. The van der Waals surface area contributed by atoms with Gasteiger partial charge in [0.1, 0.15) is 11.6 Å². The van der Waals surface area contributed by atoms with Crippen LogP contribution in [-0.2, 0) is 19.5 Å². The molecule has 1 N–H and O–H groups in total. The lowest BCUT2D eigenvalue weighted by Crippen LogP contribution is -2.31. The fourth-order valence-electron chi connectivity index (χ4n) is 4.60. The van der Waals surface area contributed by atoms with Gasteiger partial charge in [-0.25, -0.2) is 14.4 Å². The summed E-state index contributed by atoms with van der Waals surface area (Å²) in [5, 5.41) is 1.10. The van der Waals surface area contributed by atoms with Crippen LogP contribution >= 0.6 is 0 Å². The zero-order chi connectivity index (χ0) is 18.2. The minimum absolute atomic E-state index is 0.199. The van der Waals surface area contributed by atoms with Crippen LogP contribution in [0.5, 0.6) is 0 Å². The predicted molar refractivity (Wildman–Crippen MR) is 104 cm³/mol. The molecule has 0 saturated heterocycles. The first-order valence-corrected chi connectivity index (χ1v) is 10.1. The first-order valence-electron chi connectivity index (χ1n) is 10.1. The number of benzene rings is 1. The summed E-state index contributed by atoms with van der Waals surface area (Å²) in [6.45, 7) is 2.73. The molecule has 4 nitrogen and oxygen atoms in total. The third-order valence-electron chi connectivity index (χ3n) is 6.14. The van der Waals surface area contributed by atoms with Crippen LogP contribution in [-0.4, -0.2) is 26.4 Å². The van der Waals surface area contributed by atoms with E-state index < -0.39 is 0 Å². The number of aromatic amines is 1. The van der Waals surface area contributed by atoms with Gasteiger partial charge in [-0.1, -0.05) is 19.3 Å². The van der Waals surface area contributed by atoms with Crippen molar-refractivity contribution in [3.05, 3.63) is 59.1 Å². The van der Waals surface area contributed by atoms with Crippen LogP contribution in [0.2, 0.25) is 0 Å². The molecular formula is C22H25FN4. The third-order valence-corrected chi connectivity index (χ3v) is 6.14. The first kappa shape index (κ1) is 16.9. The maximum absolute atomic E-state index is 13.4.